The minimum Gasteiger partial charge on any atom is -0.264 e. The Morgan fingerprint density at radius 1 is 1.00 bits per heavy atom. The summed E-state index contributed by atoms with van der Waals surface area (Å²) in [4.78, 5) is 13.6. The van der Waals surface area contributed by atoms with E-state index in [1.54, 1.807) is 24.8 Å². The third-order valence-electron chi connectivity index (χ3n) is 2.73. The standard InChI is InChI=1S/C15H9ClIN3S/c16-14-12(10-3-2-6-18-7-10)4-1-5-13(14)21-15-19-8-11(17)9-20-15/h1-9H. The predicted molar refractivity (Wildman–Crippen MR) is 93.6 cm³/mol. The number of pyridine rings is 1. The number of hydrogen-bond donors (Lipinski definition) is 0. The third-order valence-corrected chi connectivity index (χ3v) is 4.76. The molecule has 0 aliphatic heterocycles. The monoisotopic (exact) mass is 425 g/mol. The van der Waals surface area contributed by atoms with Gasteiger partial charge in [-0.15, -0.1) is 0 Å². The third kappa shape index (κ3) is 3.53. The fraction of sp³-hybridized carbons (Fsp3) is 0. The quantitative estimate of drug-likeness (QED) is 0.440. The first-order valence-electron chi connectivity index (χ1n) is 6.08. The van der Waals surface area contributed by atoms with E-state index in [1.807, 2.05) is 30.3 Å². The lowest BCUT2D eigenvalue weighted by atomic mass is 10.1. The molecular weight excluding hydrogens is 417 g/mol. The van der Waals surface area contributed by atoms with Gasteiger partial charge in [-0.2, -0.15) is 0 Å². The molecule has 3 rings (SSSR count). The van der Waals surface area contributed by atoms with E-state index in [2.05, 4.69) is 37.5 Å². The molecule has 0 saturated carbocycles. The second kappa shape index (κ2) is 6.72. The van der Waals surface area contributed by atoms with Crippen molar-refractivity contribution in [2.75, 3.05) is 0 Å². The van der Waals surface area contributed by atoms with Gasteiger partial charge < -0.3 is 0 Å². The predicted octanol–water partition coefficient (Wildman–Crippen LogP) is 4.95. The van der Waals surface area contributed by atoms with Gasteiger partial charge in [0.05, 0.1) is 5.02 Å². The lowest BCUT2D eigenvalue weighted by molar-refractivity contribution is 0.957. The molecule has 21 heavy (non-hydrogen) atoms. The molecule has 1 aromatic carbocycles. The van der Waals surface area contributed by atoms with E-state index in [0.717, 1.165) is 19.6 Å². The number of halogens is 2. The van der Waals surface area contributed by atoms with E-state index in [1.165, 1.54) is 11.8 Å². The summed E-state index contributed by atoms with van der Waals surface area (Å²) in [6.45, 7) is 0. The van der Waals surface area contributed by atoms with Crippen molar-refractivity contribution < 1.29 is 0 Å². The van der Waals surface area contributed by atoms with Crippen LogP contribution in [0.4, 0.5) is 0 Å². The van der Waals surface area contributed by atoms with Crippen LogP contribution in [0.15, 0.2) is 65.2 Å². The molecule has 3 aromatic rings. The first kappa shape index (κ1) is 14.7. The van der Waals surface area contributed by atoms with E-state index < -0.39 is 0 Å². The minimum atomic E-state index is 0.681. The smallest absolute Gasteiger partial charge is 0.192 e. The molecule has 0 atom stereocenters. The average Bonchev–Trinajstić information content (AvgIpc) is 2.52. The van der Waals surface area contributed by atoms with Crippen molar-refractivity contribution in [2.24, 2.45) is 0 Å². The highest BCUT2D eigenvalue weighted by molar-refractivity contribution is 14.1. The molecule has 0 spiro atoms. The van der Waals surface area contributed by atoms with Crippen molar-refractivity contribution in [3.05, 3.63) is 63.7 Å². The number of benzene rings is 1. The first-order chi connectivity index (χ1) is 10.2. The van der Waals surface area contributed by atoms with Gasteiger partial charge in [0.15, 0.2) is 5.16 Å². The number of rotatable bonds is 3. The van der Waals surface area contributed by atoms with E-state index >= 15 is 0 Å². The Kier molecular flexibility index (Phi) is 4.72. The van der Waals surface area contributed by atoms with Crippen molar-refractivity contribution in [3.8, 4) is 11.1 Å². The lowest BCUT2D eigenvalue weighted by Crippen LogP contribution is -1.88. The van der Waals surface area contributed by atoms with E-state index in [0.29, 0.717) is 10.2 Å². The molecule has 0 radical (unpaired) electrons. The van der Waals surface area contributed by atoms with Crippen LogP contribution in [0.25, 0.3) is 11.1 Å². The summed E-state index contributed by atoms with van der Waals surface area (Å²) >= 11 is 10.2. The van der Waals surface area contributed by atoms with Gasteiger partial charge in [-0.25, -0.2) is 9.97 Å². The van der Waals surface area contributed by atoms with Gasteiger partial charge in [-0.1, -0.05) is 29.8 Å². The Morgan fingerprint density at radius 3 is 2.52 bits per heavy atom. The van der Waals surface area contributed by atoms with Gasteiger partial charge in [0.2, 0.25) is 0 Å². The first-order valence-corrected chi connectivity index (χ1v) is 8.35. The van der Waals surface area contributed by atoms with Crippen molar-refractivity contribution in [1.82, 2.24) is 15.0 Å². The molecule has 0 N–H and O–H groups in total. The SMILES string of the molecule is Clc1c(Sc2ncc(I)cn2)cccc1-c1cccnc1. The molecule has 0 amide bonds. The molecule has 0 saturated heterocycles. The normalized spacial score (nSPS) is 10.6. The largest absolute Gasteiger partial charge is 0.264 e. The fourth-order valence-electron chi connectivity index (χ4n) is 1.79. The highest BCUT2D eigenvalue weighted by Gasteiger charge is 2.10. The zero-order valence-electron chi connectivity index (χ0n) is 10.7. The van der Waals surface area contributed by atoms with Gasteiger partial charge in [0.25, 0.3) is 0 Å². The van der Waals surface area contributed by atoms with Crippen molar-refractivity contribution >= 4 is 46.0 Å². The molecule has 0 fully saturated rings. The molecule has 0 aliphatic rings. The Hall–Kier alpha value is -1.18. The molecular formula is C15H9ClIN3S. The van der Waals surface area contributed by atoms with Crippen molar-refractivity contribution in [2.45, 2.75) is 10.1 Å². The van der Waals surface area contributed by atoms with Crippen LogP contribution < -0.4 is 0 Å². The summed E-state index contributed by atoms with van der Waals surface area (Å²) in [5, 5.41) is 1.37. The molecule has 0 unspecified atom stereocenters. The van der Waals surface area contributed by atoms with Crippen LogP contribution in [0.2, 0.25) is 5.02 Å². The highest BCUT2D eigenvalue weighted by Crippen LogP contribution is 2.37. The van der Waals surface area contributed by atoms with Crippen molar-refractivity contribution in [3.63, 3.8) is 0 Å². The van der Waals surface area contributed by atoms with Gasteiger partial charge in [0, 0.05) is 44.4 Å². The Bertz CT molecular complexity index is 751. The Balaban J connectivity index is 1.95. The van der Waals surface area contributed by atoms with Crippen LogP contribution in [0.5, 0.6) is 0 Å². The molecule has 6 heteroatoms. The highest BCUT2D eigenvalue weighted by atomic mass is 127. The summed E-state index contributed by atoms with van der Waals surface area (Å²) in [6.07, 6.45) is 7.12. The van der Waals surface area contributed by atoms with E-state index in [4.69, 9.17) is 11.6 Å². The topological polar surface area (TPSA) is 38.7 Å². The van der Waals surface area contributed by atoms with Crippen LogP contribution in [0.3, 0.4) is 0 Å². The van der Waals surface area contributed by atoms with Crippen LogP contribution in [-0.2, 0) is 0 Å². The summed E-state index contributed by atoms with van der Waals surface area (Å²) < 4.78 is 1.01. The van der Waals surface area contributed by atoms with Crippen LogP contribution in [0.1, 0.15) is 0 Å². The van der Waals surface area contributed by atoms with Crippen LogP contribution >= 0.6 is 46.0 Å². The molecule has 104 valence electrons. The zero-order valence-corrected chi connectivity index (χ0v) is 14.4. The van der Waals surface area contributed by atoms with Crippen LogP contribution in [-0.4, -0.2) is 15.0 Å². The Labute approximate surface area is 145 Å². The number of hydrogen-bond acceptors (Lipinski definition) is 4. The molecule has 0 aliphatic carbocycles. The summed E-state index contributed by atoms with van der Waals surface area (Å²) in [5.74, 6) is 0. The molecule has 0 bridgehead atoms. The summed E-state index contributed by atoms with van der Waals surface area (Å²) in [6, 6.07) is 9.81. The van der Waals surface area contributed by atoms with Crippen LogP contribution in [0, 0.1) is 3.57 Å². The van der Waals surface area contributed by atoms with E-state index in [-0.39, 0.29) is 0 Å². The molecule has 2 heterocycles. The average molecular weight is 426 g/mol. The number of aromatic nitrogens is 3. The Morgan fingerprint density at radius 2 is 1.81 bits per heavy atom. The van der Waals surface area contributed by atoms with Gasteiger partial charge in [-0.3, -0.25) is 4.98 Å². The second-order valence-electron chi connectivity index (χ2n) is 4.15. The lowest BCUT2D eigenvalue weighted by Gasteiger charge is -2.08. The van der Waals surface area contributed by atoms with Gasteiger partial charge in [-0.05, 0) is 46.5 Å². The fourth-order valence-corrected chi connectivity index (χ4v) is 3.17. The maximum atomic E-state index is 6.52. The van der Waals surface area contributed by atoms with Gasteiger partial charge in [0.1, 0.15) is 0 Å². The maximum Gasteiger partial charge on any atom is 0.192 e. The number of nitrogens with zero attached hydrogens (tertiary/aromatic N) is 3. The molecule has 2 aromatic heterocycles. The molecule has 3 nitrogen and oxygen atoms in total. The maximum absolute atomic E-state index is 6.52. The minimum absolute atomic E-state index is 0.681. The zero-order chi connectivity index (χ0) is 14.7. The summed E-state index contributed by atoms with van der Waals surface area (Å²) in [7, 11) is 0. The van der Waals surface area contributed by atoms with E-state index in [9.17, 15) is 0 Å². The van der Waals surface area contributed by atoms with Crippen molar-refractivity contribution in [1.29, 1.82) is 0 Å². The second-order valence-corrected chi connectivity index (χ2v) is 6.78. The van der Waals surface area contributed by atoms with Gasteiger partial charge >= 0.3 is 0 Å². The summed E-state index contributed by atoms with van der Waals surface area (Å²) in [5.41, 5.74) is 1.95.